The fourth-order valence-corrected chi connectivity index (χ4v) is 3.93. The molecule has 0 saturated heterocycles. The maximum Gasteiger partial charge on any atom is 0.257 e. The number of carbonyl (C=O) groups is 1. The number of hydrogen-bond acceptors (Lipinski definition) is 7. The van der Waals surface area contributed by atoms with Gasteiger partial charge in [0, 0.05) is 36.3 Å². The van der Waals surface area contributed by atoms with Gasteiger partial charge in [-0.05, 0) is 32.8 Å². The molecule has 4 heterocycles. The van der Waals surface area contributed by atoms with E-state index in [0.717, 1.165) is 23.0 Å². The van der Waals surface area contributed by atoms with Crippen molar-refractivity contribution in [2.24, 2.45) is 0 Å². The van der Waals surface area contributed by atoms with Crippen LogP contribution in [-0.2, 0) is 0 Å². The molecule has 2 atom stereocenters. The van der Waals surface area contributed by atoms with Gasteiger partial charge in [0.15, 0.2) is 11.3 Å². The van der Waals surface area contributed by atoms with Gasteiger partial charge in [0.1, 0.15) is 11.4 Å². The Balaban J connectivity index is 1.65. The van der Waals surface area contributed by atoms with E-state index in [4.69, 9.17) is 4.98 Å². The number of anilines is 1. The van der Waals surface area contributed by atoms with Crippen molar-refractivity contribution in [3.8, 4) is 11.3 Å². The molecule has 1 aliphatic carbocycles. The van der Waals surface area contributed by atoms with Crippen LogP contribution in [0.5, 0.6) is 0 Å². The molecule has 4 aromatic rings. The molecule has 1 aliphatic rings. The second-order valence-corrected chi connectivity index (χ2v) is 8.11. The second kappa shape index (κ2) is 7.31. The van der Waals surface area contributed by atoms with Crippen LogP contribution in [-0.4, -0.2) is 59.6 Å². The van der Waals surface area contributed by atoms with Crippen molar-refractivity contribution in [3.05, 3.63) is 36.3 Å². The summed E-state index contributed by atoms with van der Waals surface area (Å²) in [5.41, 5.74) is 3.20. The third-order valence-corrected chi connectivity index (χ3v) is 5.86. The van der Waals surface area contributed by atoms with Gasteiger partial charge in [0.2, 0.25) is 0 Å². The minimum Gasteiger partial charge on any atom is -0.391 e. The summed E-state index contributed by atoms with van der Waals surface area (Å²) in [6.07, 6.45) is 6.16. The van der Waals surface area contributed by atoms with Gasteiger partial charge in [0.05, 0.1) is 30.2 Å². The summed E-state index contributed by atoms with van der Waals surface area (Å²) >= 11 is 0. The monoisotopic (exact) mass is 420 g/mol. The van der Waals surface area contributed by atoms with E-state index >= 15 is 0 Å². The number of hydrogen-bond donors (Lipinski definition) is 3. The van der Waals surface area contributed by atoms with Crippen LogP contribution in [0.4, 0.5) is 5.82 Å². The summed E-state index contributed by atoms with van der Waals surface area (Å²) in [4.78, 5) is 17.7. The summed E-state index contributed by atoms with van der Waals surface area (Å²) in [5.74, 6) is 0.413. The Morgan fingerprint density at radius 2 is 2.13 bits per heavy atom. The number of fused-ring (bicyclic) bond motifs is 2. The van der Waals surface area contributed by atoms with E-state index in [0.29, 0.717) is 29.1 Å². The first-order valence-corrected chi connectivity index (χ1v) is 10.4. The lowest BCUT2D eigenvalue weighted by Crippen LogP contribution is -2.50. The predicted molar refractivity (Wildman–Crippen MR) is 116 cm³/mol. The van der Waals surface area contributed by atoms with Crippen LogP contribution in [0.2, 0.25) is 0 Å². The minimum atomic E-state index is -0.495. The Morgan fingerprint density at radius 1 is 1.29 bits per heavy atom. The molecular formula is C21H24N8O2. The average molecular weight is 420 g/mol. The number of aliphatic hydroxyl groups excluding tert-OH is 1. The van der Waals surface area contributed by atoms with Crippen LogP contribution < -0.4 is 10.6 Å². The number of rotatable bonds is 5. The van der Waals surface area contributed by atoms with Crippen molar-refractivity contribution in [2.45, 2.75) is 44.9 Å². The zero-order valence-electron chi connectivity index (χ0n) is 17.6. The summed E-state index contributed by atoms with van der Waals surface area (Å²) in [6, 6.07) is 3.79. The summed E-state index contributed by atoms with van der Waals surface area (Å²) in [5, 5.41) is 29.5. The molecule has 1 fully saturated rings. The number of carbonyl (C=O) groups excluding carboxylic acids is 1. The standard InChI is InChI=1S/C21H24N8O2/c1-11(2)28-10-14(12-6-7-23-27-20(12)28)16-8-18(22-3)29-19(25-16)13(9-24-29)21(31)26-15-4-5-17(15)30/h6-11,15,17,22,30H,4-5H2,1-3H3,(H,26,31). The van der Waals surface area contributed by atoms with E-state index in [1.54, 1.807) is 17.8 Å². The SMILES string of the molecule is CNc1cc(-c2cn(C(C)C)c3nnccc23)nc2c(C(=O)NC3CCC3O)cnn12. The topological polar surface area (TPSA) is 122 Å². The van der Waals surface area contributed by atoms with Crippen LogP contribution in [0.15, 0.2) is 30.7 Å². The highest BCUT2D eigenvalue weighted by Crippen LogP contribution is 2.32. The third-order valence-electron chi connectivity index (χ3n) is 5.86. The maximum atomic E-state index is 12.9. The van der Waals surface area contributed by atoms with Gasteiger partial charge in [-0.1, -0.05) is 0 Å². The highest BCUT2D eigenvalue weighted by molar-refractivity contribution is 6.01. The molecule has 31 heavy (non-hydrogen) atoms. The molecule has 0 bridgehead atoms. The number of nitrogens with zero attached hydrogens (tertiary/aromatic N) is 6. The molecule has 4 aromatic heterocycles. The fraction of sp³-hybridized carbons (Fsp3) is 0.381. The lowest BCUT2D eigenvalue weighted by Gasteiger charge is -2.32. The molecular weight excluding hydrogens is 396 g/mol. The Kier molecular flexibility index (Phi) is 4.58. The van der Waals surface area contributed by atoms with Crippen molar-refractivity contribution in [3.63, 3.8) is 0 Å². The van der Waals surface area contributed by atoms with Gasteiger partial charge in [-0.15, -0.1) is 5.10 Å². The highest BCUT2D eigenvalue weighted by atomic mass is 16.3. The van der Waals surface area contributed by atoms with E-state index in [1.165, 1.54) is 6.20 Å². The van der Waals surface area contributed by atoms with Gasteiger partial charge in [-0.2, -0.15) is 14.7 Å². The molecule has 2 unspecified atom stereocenters. The number of nitrogens with one attached hydrogen (secondary N) is 2. The molecule has 10 nitrogen and oxygen atoms in total. The van der Waals surface area contributed by atoms with Crippen LogP contribution in [0.3, 0.4) is 0 Å². The maximum absolute atomic E-state index is 12.9. The van der Waals surface area contributed by atoms with Gasteiger partial charge in [-0.3, -0.25) is 4.79 Å². The smallest absolute Gasteiger partial charge is 0.257 e. The van der Waals surface area contributed by atoms with Gasteiger partial charge >= 0.3 is 0 Å². The normalized spacial score (nSPS) is 18.5. The van der Waals surface area contributed by atoms with Crippen molar-refractivity contribution in [1.82, 2.24) is 34.7 Å². The van der Waals surface area contributed by atoms with Crippen molar-refractivity contribution < 1.29 is 9.90 Å². The summed E-state index contributed by atoms with van der Waals surface area (Å²) in [6.45, 7) is 4.17. The number of amides is 1. The first-order chi connectivity index (χ1) is 15.0. The highest BCUT2D eigenvalue weighted by Gasteiger charge is 2.31. The molecule has 1 saturated carbocycles. The molecule has 10 heteroatoms. The van der Waals surface area contributed by atoms with E-state index < -0.39 is 6.10 Å². The van der Waals surface area contributed by atoms with Gasteiger partial charge in [-0.25, -0.2) is 4.98 Å². The van der Waals surface area contributed by atoms with Crippen molar-refractivity contribution in [1.29, 1.82) is 0 Å². The van der Waals surface area contributed by atoms with E-state index in [-0.39, 0.29) is 18.0 Å². The quantitative estimate of drug-likeness (QED) is 0.451. The Morgan fingerprint density at radius 3 is 2.81 bits per heavy atom. The number of aliphatic hydroxyl groups is 1. The summed E-state index contributed by atoms with van der Waals surface area (Å²) < 4.78 is 3.67. The molecule has 5 rings (SSSR count). The van der Waals surface area contributed by atoms with Crippen LogP contribution in [0.1, 0.15) is 43.1 Å². The fourth-order valence-electron chi connectivity index (χ4n) is 3.93. The molecule has 1 amide bonds. The Hall–Kier alpha value is -3.53. The molecule has 160 valence electrons. The van der Waals surface area contributed by atoms with Gasteiger partial charge < -0.3 is 20.3 Å². The zero-order chi connectivity index (χ0) is 21.7. The van der Waals surface area contributed by atoms with E-state index in [2.05, 4.69) is 44.3 Å². The first-order valence-electron chi connectivity index (χ1n) is 10.4. The Bertz CT molecular complexity index is 1290. The van der Waals surface area contributed by atoms with Crippen LogP contribution in [0.25, 0.3) is 27.9 Å². The molecule has 0 aliphatic heterocycles. The third kappa shape index (κ3) is 3.10. The molecule has 0 aromatic carbocycles. The lowest BCUT2D eigenvalue weighted by molar-refractivity contribution is 0.0448. The molecule has 0 spiro atoms. The van der Waals surface area contributed by atoms with E-state index in [9.17, 15) is 9.90 Å². The predicted octanol–water partition coefficient (Wildman–Crippen LogP) is 2.02. The zero-order valence-corrected chi connectivity index (χ0v) is 17.6. The van der Waals surface area contributed by atoms with Gasteiger partial charge in [0.25, 0.3) is 5.91 Å². The molecule has 3 N–H and O–H groups in total. The Labute approximate surface area is 178 Å². The average Bonchev–Trinajstić information content (AvgIpc) is 3.37. The van der Waals surface area contributed by atoms with Crippen molar-refractivity contribution in [2.75, 3.05) is 12.4 Å². The van der Waals surface area contributed by atoms with Crippen LogP contribution >= 0.6 is 0 Å². The van der Waals surface area contributed by atoms with Crippen LogP contribution in [0, 0.1) is 0 Å². The number of aromatic nitrogens is 6. The minimum absolute atomic E-state index is 0.200. The summed E-state index contributed by atoms with van der Waals surface area (Å²) in [7, 11) is 1.80. The second-order valence-electron chi connectivity index (χ2n) is 8.11. The molecule has 0 radical (unpaired) electrons. The lowest BCUT2D eigenvalue weighted by atomic mass is 9.89. The largest absolute Gasteiger partial charge is 0.391 e. The van der Waals surface area contributed by atoms with E-state index in [1.807, 2.05) is 18.3 Å². The first kappa shape index (κ1) is 19.4. The van der Waals surface area contributed by atoms with Crippen molar-refractivity contribution >= 4 is 28.4 Å².